The van der Waals surface area contributed by atoms with Gasteiger partial charge in [0.15, 0.2) is 0 Å². The molecule has 0 aliphatic heterocycles. The van der Waals surface area contributed by atoms with E-state index in [1.807, 2.05) is 31.2 Å². The molecule has 0 saturated heterocycles. The van der Waals surface area contributed by atoms with E-state index in [1.165, 1.54) is 30.2 Å². The van der Waals surface area contributed by atoms with E-state index in [0.717, 1.165) is 41.1 Å². The zero-order chi connectivity index (χ0) is 29.6. The third-order valence-electron chi connectivity index (χ3n) is 7.32. The normalized spacial score (nSPS) is 14.3. The van der Waals surface area contributed by atoms with E-state index in [-0.39, 0.29) is 39.8 Å². The molecule has 0 radical (unpaired) electrons. The van der Waals surface area contributed by atoms with E-state index in [1.54, 1.807) is 37.3 Å². The number of hydrogen-bond acceptors (Lipinski definition) is 5. The van der Waals surface area contributed by atoms with E-state index in [9.17, 15) is 18.0 Å². The van der Waals surface area contributed by atoms with Gasteiger partial charge in [0.25, 0.3) is 10.0 Å². The average Bonchev–Trinajstić information content (AvgIpc) is 3.47. The van der Waals surface area contributed by atoms with Crippen molar-refractivity contribution in [3.05, 3.63) is 88.9 Å². The van der Waals surface area contributed by atoms with Crippen LogP contribution in [0.15, 0.2) is 77.7 Å². The van der Waals surface area contributed by atoms with Crippen LogP contribution in [0.1, 0.15) is 43.7 Å². The van der Waals surface area contributed by atoms with Crippen molar-refractivity contribution in [3.63, 3.8) is 0 Å². The zero-order valence-corrected chi connectivity index (χ0v) is 25.1. The van der Waals surface area contributed by atoms with Crippen LogP contribution in [0.25, 0.3) is 0 Å². The van der Waals surface area contributed by atoms with Crippen LogP contribution in [0.2, 0.25) is 5.02 Å². The molecule has 1 fully saturated rings. The number of ether oxygens (including phenoxy) is 1. The number of benzene rings is 3. The van der Waals surface area contributed by atoms with Gasteiger partial charge >= 0.3 is 0 Å². The summed E-state index contributed by atoms with van der Waals surface area (Å²) in [6.07, 6.45) is 3.92. The molecule has 0 heterocycles. The van der Waals surface area contributed by atoms with Crippen LogP contribution in [0.4, 0.5) is 5.69 Å². The molecule has 41 heavy (non-hydrogen) atoms. The molecule has 0 bridgehead atoms. The minimum absolute atomic E-state index is 0.00656. The van der Waals surface area contributed by atoms with Gasteiger partial charge in [0.1, 0.15) is 18.3 Å². The molecule has 0 aromatic heterocycles. The molecule has 1 N–H and O–H groups in total. The molecule has 0 unspecified atom stereocenters. The Morgan fingerprint density at radius 2 is 1.73 bits per heavy atom. The topological polar surface area (TPSA) is 96.0 Å². The number of nitrogens with one attached hydrogen (secondary N) is 1. The molecule has 1 aliphatic carbocycles. The molecule has 0 spiro atoms. The number of aryl methyl sites for hydroxylation is 1. The summed E-state index contributed by atoms with van der Waals surface area (Å²) in [6, 6.07) is 19.4. The highest BCUT2D eigenvalue weighted by Crippen LogP contribution is 2.35. The summed E-state index contributed by atoms with van der Waals surface area (Å²) in [4.78, 5) is 28.9. The van der Waals surface area contributed by atoms with Crippen LogP contribution < -0.4 is 14.4 Å². The van der Waals surface area contributed by atoms with Crippen molar-refractivity contribution in [2.45, 2.75) is 63.1 Å². The maximum absolute atomic E-state index is 14.1. The average molecular weight is 598 g/mol. The Kier molecular flexibility index (Phi) is 9.94. The summed E-state index contributed by atoms with van der Waals surface area (Å²) >= 11 is 6.28. The monoisotopic (exact) mass is 597 g/mol. The van der Waals surface area contributed by atoms with Crippen molar-refractivity contribution in [2.24, 2.45) is 0 Å². The second kappa shape index (κ2) is 13.4. The number of halogens is 1. The minimum Gasteiger partial charge on any atom is -0.495 e. The van der Waals surface area contributed by atoms with E-state index in [4.69, 9.17) is 16.3 Å². The first-order chi connectivity index (χ1) is 19.6. The van der Waals surface area contributed by atoms with Gasteiger partial charge in [-0.25, -0.2) is 8.42 Å². The van der Waals surface area contributed by atoms with Crippen LogP contribution in [-0.2, 0) is 26.2 Å². The molecule has 218 valence electrons. The van der Waals surface area contributed by atoms with Gasteiger partial charge in [-0.1, -0.05) is 72.5 Å². The number of carbonyl (C=O) groups excluding carboxylic acids is 2. The Bertz CT molecular complexity index is 1480. The van der Waals surface area contributed by atoms with E-state index < -0.39 is 28.5 Å². The van der Waals surface area contributed by atoms with Gasteiger partial charge in [0.2, 0.25) is 11.8 Å². The summed E-state index contributed by atoms with van der Waals surface area (Å²) in [5.41, 5.74) is 1.96. The maximum atomic E-state index is 14.1. The lowest BCUT2D eigenvalue weighted by molar-refractivity contribution is -0.139. The number of amides is 2. The number of carbonyl (C=O) groups is 2. The predicted octanol–water partition coefficient (Wildman–Crippen LogP) is 5.33. The highest BCUT2D eigenvalue weighted by Gasteiger charge is 2.34. The standard InChI is InChI=1S/C31H36ClN3O5S/c1-22-10-9-11-24(18-22)20-34(23(2)31(37)33-26-12-7-8-13-26)30(36)21-35(28-19-25(32)16-17-29(28)40-3)41(38,39)27-14-5-4-6-15-27/h4-6,9-11,14-19,23,26H,7-8,12-13,20-21H2,1-3H3,(H,33,37)/t23-/m0/s1. The highest BCUT2D eigenvalue weighted by atomic mass is 35.5. The van der Waals surface area contributed by atoms with Crippen LogP contribution in [0.3, 0.4) is 0 Å². The quantitative estimate of drug-likeness (QED) is 0.322. The molecule has 1 aliphatic rings. The molecular formula is C31H36ClN3O5S. The largest absolute Gasteiger partial charge is 0.495 e. The van der Waals surface area contributed by atoms with Crippen molar-refractivity contribution in [1.82, 2.24) is 10.2 Å². The summed E-state index contributed by atoms with van der Waals surface area (Å²) in [5.74, 6) is -0.572. The van der Waals surface area contributed by atoms with E-state index in [2.05, 4.69) is 5.32 Å². The number of methoxy groups -OCH3 is 1. The fraction of sp³-hybridized carbons (Fsp3) is 0.355. The lowest BCUT2D eigenvalue weighted by Crippen LogP contribution is -2.52. The lowest BCUT2D eigenvalue weighted by Gasteiger charge is -2.33. The molecule has 1 atom stereocenters. The molecule has 3 aromatic carbocycles. The Hall–Kier alpha value is -3.56. The Balaban J connectivity index is 1.73. The molecule has 3 aromatic rings. The van der Waals surface area contributed by atoms with Crippen LogP contribution in [0, 0.1) is 6.92 Å². The first kappa shape index (κ1) is 30.4. The van der Waals surface area contributed by atoms with Gasteiger partial charge in [-0.15, -0.1) is 0 Å². The summed E-state index contributed by atoms with van der Waals surface area (Å²) in [6.45, 7) is 3.19. The Morgan fingerprint density at radius 3 is 2.39 bits per heavy atom. The molecule has 2 amide bonds. The smallest absolute Gasteiger partial charge is 0.264 e. The molecule has 8 nitrogen and oxygen atoms in total. The van der Waals surface area contributed by atoms with Crippen molar-refractivity contribution in [1.29, 1.82) is 0 Å². The fourth-order valence-corrected chi connectivity index (χ4v) is 6.68. The van der Waals surface area contributed by atoms with Gasteiger partial charge in [0, 0.05) is 17.6 Å². The fourth-order valence-electron chi connectivity index (χ4n) is 5.07. The number of sulfonamides is 1. The predicted molar refractivity (Wildman–Crippen MR) is 161 cm³/mol. The number of hydrogen-bond donors (Lipinski definition) is 1. The van der Waals surface area contributed by atoms with Crippen molar-refractivity contribution < 1.29 is 22.7 Å². The van der Waals surface area contributed by atoms with Gasteiger partial charge in [0.05, 0.1) is 17.7 Å². The third kappa shape index (κ3) is 7.40. The van der Waals surface area contributed by atoms with Crippen LogP contribution in [-0.4, -0.2) is 50.9 Å². The van der Waals surface area contributed by atoms with Gasteiger partial charge in [-0.2, -0.15) is 0 Å². The summed E-state index contributed by atoms with van der Waals surface area (Å²) < 4.78 is 34.4. The van der Waals surface area contributed by atoms with Crippen molar-refractivity contribution >= 4 is 39.1 Å². The van der Waals surface area contributed by atoms with Crippen LogP contribution >= 0.6 is 11.6 Å². The van der Waals surface area contributed by atoms with Crippen molar-refractivity contribution in [3.8, 4) is 5.75 Å². The third-order valence-corrected chi connectivity index (χ3v) is 9.33. The minimum atomic E-state index is -4.23. The van der Waals surface area contributed by atoms with E-state index in [0.29, 0.717) is 0 Å². The Morgan fingerprint density at radius 1 is 1.02 bits per heavy atom. The second-order valence-electron chi connectivity index (χ2n) is 10.3. The van der Waals surface area contributed by atoms with Crippen molar-refractivity contribution in [2.75, 3.05) is 18.0 Å². The molecule has 10 heteroatoms. The number of rotatable bonds is 11. The maximum Gasteiger partial charge on any atom is 0.264 e. The lowest BCUT2D eigenvalue weighted by atomic mass is 10.1. The van der Waals surface area contributed by atoms with E-state index >= 15 is 0 Å². The van der Waals surface area contributed by atoms with Crippen LogP contribution in [0.5, 0.6) is 5.75 Å². The molecule has 1 saturated carbocycles. The van der Waals surface area contributed by atoms with Gasteiger partial charge < -0.3 is 15.0 Å². The first-order valence-electron chi connectivity index (χ1n) is 13.7. The SMILES string of the molecule is COc1ccc(Cl)cc1N(CC(=O)N(Cc1cccc(C)c1)[C@@H](C)C(=O)NC1CCCC1)S(=O)(=O)c1ccccc1. The second-order valence-corrected chi connectivity index (χ2v) is 12.6. The first-order valence-corrected chi connectivity index (χ1v) is 15.5. The van der Waals surface area contributed by atoms with Gasteiger partial charge in [-0.05, 0) is 62.6 Å². The number of nitrogens with zero attached hydrogens (tertiary/aromatic N) is 2. The zero-order valence-electron chi connectivity index (χ0n) is 23.5. The number of anilines is 1. The van der Waals surface area contributed by atoms with Gasteiger partial charge in [-0.3, -0.25) is 13.9 Å². The highest BCUT2D eigenvalue weighted by molar-refractivity contribution is 7.92. The molecule has 4 rings (SSSR count). The summed E-state index contributed by atoms with van der Waals surface area (Å²) in [7, 11) is -2.81. The molecular weight excluding hydrogens is 562 g/mol. The Labute approximate surface area is 247 Å². The summed E-state index contributed by atoms with van der Waals surface area (Å²) in [5, 5.41) is 3.36.